The van der Waals surface area contributed by atoms with E-state index in [0.29, 0.717) is 29.8 Å². The summed E-state index contributed by atoms with van der Waals surface area (Å²) in [5.74, 6) is 0.787. The van der Waals surface area contributed by atoms with Gasteiger partial charge in [-0.2, -0.15) is 13.2 Å². The summed E-state index contributed by atoms with van der Waals surface area (Å²) in [7, 11) is 0. The minimum atomic E-state index is -4.47. The molecule has 230 valence electrons. The third kappa shape index (κ3) is 8.59. The van der Waals surface area contributed by atoms with Crippen LogP contribution in [0.2, 0.25) is 0 Å². The van der Waals surface area contributed by atoms with Gasteiger partial charge in [0.1, 0.15) is 0 Å². The Morgan fingerprint density at radius 1 is 1.09 bits per heavy atom. The van der Waals surface area contributed by atoms with Crippen LogP contribution < -0.4 is 11.1 Å². The third-order valence-corrected chi connectivity index (χ3v) is 7.76. The number of allylic oxidation sites excluding steroid dienone is 2. The third-order valence-electron chi connectivity index (χ3n) is 7.76. The summed E-state index contributed by atoms with van der Waals surface area (Å²) in [4.78, 5) is 28.8. The topological polar surface area (TPSA) is 95.7 Å². The SMILES string of the molecule is C#CC1=CC(C(N)=O)([C@H](Cc2ccccc2)[C@@H](O)CNCc2cccc(C(F)(F)F)c2)CC(C(=O)N(CCC)CCC)=C1. The molecule has 1 aliphatic rings. The fraction of sp³-hybridized carbons (Fsp3) is 0.412. The van der Waals surface area contributed by atoms with Gasteiger partial charge in [-0.15, -0.1) is 6.42 Å². The molecule has 1 aliphatic carbocycles. The minimum Gasteiger partial charge on any atom is -0.391 e. The summed E-state index contributed by atoms with van der Waals surface area (Å²) in [5, 5.41) is 14.6. The van der Waals surface area contributed by atoms with E-state index in [1.807, 2.05) is 44.2 Å². The Morgan fingerprint density at radius 3 is 2.33 bits per heavy atom. The average Bonchev–Trinajstić information content (AvgIpc) is 2.99. The van der Waals surface area contributed by atoms with Crippen LogP contribution in [0, 0.1) is 23.7 Å². The quantitative estimate of drug-likeness (QED) is 0.267. The Bertz CT molecular complexity index is 1360. The normalized spacial score (nSPS) is 18.2. The molecule has 3 rings (SSSR count). The Hall–Kier alpha value is -3.87. The lowest BCUT2D eigenvalue weighted by atomic mass is 9.63. The molecule has 1 unspecified atom stereocenters. The highest BCUT2D eigenvalue weighted by atomic mass is 19.4. The van der Waals surface area contributed by atoms with Gasteiger partial charge in [-0.05, 0) is 49.0 Å². The first-order valence-corrected chi connectivity index (χ1v) is 14.5. The van der Waals surface area contributed by atoms with E-state index in [1.54, 1.807) is 23.1 Å². The van der Waals surface area contributed by atoms with Gasteiger partial charge in [-0.3, -0.25) is 9.59 Å². The predicted molar refractivity (Wildman–Crippen MR) is 161 cm³/mol. The van der Waals surface area contributed by atoms with Crippen LogP contribution in [0.15, 0.2) is 77.9 Å². The molecule has 0 aliphatic heterocycles. The van der Waals surface area contributed by atoms with Gasteiger partial charge in [0.15, 0.2) is 0 Å². The van der Waals surface area contributed by atoms with Crippen molar-refractivity contribution < 1.29 is 27.9 Å². The molecule has 0 bridgehead atoms. The van der Waals surface area contributed by atoms with Gasteiger partial charge < -0.3 is 21.1 Å². The molecule has 9 heteroatoms. The number of hydrogen-bond donors (Lipinski definition) is 3. The van der Waals surface area contributed by atoms with Gasteiger partial charge in [0, 0.05) is 43.2 Å². The van der Waals surface area contributed by atoms with Crippen molar-refractivity contribution in [2.75, 3.05) is 19.6 Å². The van der Waals surface area contributed by atoms with Crippen LogP contribution in [0.5, 0.6) is 0 Å². The number of aliphatic hydroxyl groups is 1. The molecule has 0 spiro atoms. The number of rotatable bonds is 14. The van der Waals surface area contributed by atoms with Crippen LogP contribution in [0.3, 0.4) is 0 Å². The van der Waals surface area contributed by atoms with Crippen LogP contribution in [0.4, 0.5) is 13.2 Å². The highest BCUT2D eigenvalue weighted by Crippen LogP contribution is 2.44. The summed E-state index contributed by atoms with van der Waals surface area (Å²) in [6, 6.07) is 14.2. The first kappa shape index (κ1) is 33.6. The van der Waals surface area contributed by atoms with Crippen molar-refractivity contribution in [2.24, 2.45) is 17.1 Å². The first-order valence-electron chi connectivity index (χ1n) is 14.5. The molecule has 0 radical (unpaired) electrons. The maximum absolute atomic E-state index is 13.7. The van der Waals surface area contributed by atoms with E-state index >= 15 is 0 Å². The van der Waals surface area contributed by atoms with Gasteiger partial charge in [-0.25, -0.2) is 0 Å². The Balaban J connectivity index is 1.96. The number of carbonyl (C=O) groups is 2. The Labute approximate surface area is 251 Å². The molecule has 0 saturated carbocycles. The van der Waals surface area contributed by atoms with Gasteiger partial charge in [0.2, 0.25) is 11.8 Å². The molecule has 6 nitrogen and oxygen atoms in total. The summed E-state index contributed by atoms with van der Waals surface area (Å²) >= 11 is 0. The van der Waals surface area contributed by atoms with E-state index in [9.17, 15) is 27.9 Å². The second-order valence-corrected chi connectivity index (χ2v) is 11.0. The number of halogens is 3. The maximum atomic E-state index is 13.7. The van der Waals surface area contributed by atoms with Crippen molar-refractivity contribution in [2.45, 2.75) is 58.4 Å². The lowest BCUT2D eigenvalue weighted by Crippen LogP contribution is -2.51. The minimum absolute atomic E-state index is 0.0432. The second kappa shape index (κ2) is 15.0. The van der Waals surface area contributed by atoms with Gasteiger partial charge in [0.05, 0.1) is 17.1 Å². The van der Waals surface area contributed by atoms with Gasteiger partial charge in [0.25, 0.3) is 0 Å². The lowest BCUT2D eigenvalue weighted by molar-refractivity contribution is -0.137. The number of hydrogen-bond acceptors (Lipinski definition) is 4. The molecule has 0 fully saturated rings. The zero-order valence-corrected chi connectivity index (χ0v) is 24.7. The largest absolute Gasteiger partial charge is 0.416 e. The van der Waals surface area contributed by atoms with Crippen molar-refractivity contribution in [1.82, 2.24) is 10.2 Å². The van der Waals surface area contributed by atoms with Crippen LogP contribution in [-0.2, 0) is 28.7 Å². The predicted octanol–water partition coefficient (Wildman–Crippen LogP) is 5.02. The fourth-order valence-electron chi connectivity index (χ4n) is 5.68. The molecule has 2 aromatic rings. The number of carbonyl (C=O) groups excluding carboxylic acids is 2. The number of terminal acetylenes is 1. The van der Waals surface area contributed by atoms with Crippen LogP contribution in [0.1, 0.15) is 49.8 Å². The number of alkyl halides is 3. The zero-order chi connectivity index (χ0) is 31.6. The summed E-state index contributed by atoms with van der Waals surface area (Å²) < 4.78 is 39.6. The number of nitrogens with two attached hydrogens (primary N) is 1. The van der Waals surface area contributed by atoms with Crippen molar-refractivity contribution in [3.05, 3.63) is 94.6 Å². The van der Waals surface area contributed by atoms with E-state index < -0.39 is 35.1 Å². The average molecular weight is 596 g/mol. The molecular formula is C34H40F3N3O3. The molecule has 0 heterocycles. The highest BCUT2D eigenvalue weighted by molar-refractivity contribution is 5.97. The van der Waals surface area contributed by atoms with Crippen molar-refractivity contribution in [3.63, 3.8) is 0 Å². The van der Waals surface area contributed by atoms with Gasteiger partial charge in [-0.1, -0.05) is 74.4 Å². The number of aliphatic hydroxyl groups excluding tert-OH is 1. The molecular weight excluding hydrogens is 555 g/mol. The van der Waals surface area contributed by atoms with E-state index in [-0.39, 0.29) is 31.8 Å². The summed E-state index contributed by atoms with van der Waals surface area (Å²) in [5.41, 5.74) is 5.73. The van der Waals surface area contributed by atoms with E-state index in [0.717, 1.165) is 30.5 Å². The van der Waals surface area contributed by atoms with E-state index in [4.69, 9.17) is 12.2 Å². The number of amides is 2. The van der Waals surface area contributed by atoms with Crippen molar-refractivity contribution in [1.29, 1.82) is 0 Å². The first-order chi connectivity index (χ1) is 20.4. The zero-order valence-electron chi connectivity index (χ0n) is 24.7. The van der Waals surface area contributed by atoms with E-state index in [1.165, 1.54) is 6.07 Å². The standard InChI is InChI=1S/C34H40F3N3O3/c1-4-15-40(16-5-2)31(42)27-17-24(6-3)20-33(21-27,32(38)43)29(19-25-11-8-7-9-12-25)30(41)23-39-22-26-13-10-14-28(18-26)34(35,36)37/h3,7-14,17-18,20,29-30,39,41H,4-5,15-16,19,21-23H2,1-2H3,(H2,38,43)/t29-,30+,33?/m1/s1. The lowest BCUT2D eigenvalue weighted by Gasteiger charge is -2.41. The number of nitrogens with zero attached hydrogens (tertiary/aromatic N) is 1. The Morgan fingerprint density at radius 2 is 1.74 bits per heavy atom. The summed E-state index contributed by atoms with van der Waals surface area (Å²) in [6.45, 7) is 5.04. The molecule has 4 N–H and O–H groups in total. The molecule has 0 saturated heterocycles. The molecule has 2 aromatic carbocycles. The highest BCUT2D eigenvalue weighted by Gasteiger charge is 2.48. The van der Waals surface area contributed by atoms with Crippen LogP contribution in [0.25, 0.3) is 0 Å². The molecule has 2 amide bonds. The van der Waals surface area contributed by atoms with Crippen LogP contribution in [-0.4, -0.2) is 47.6 Å². The van der Waals surface area contributed by atoms with Crippen molar-refractivity contribution >= 4 is 11.8 Å². The van der Waals surface area contributed by atoms with Crippen LogP contribution >= 0.6 is 0 Å². The van der Waals surface area contributed by atoms with Crippen molar-refractivity contribution in [3.8, 4) is 12.3 Å². The Kier molecular flexibility index (Phi) is 11.8. The van der Waals surface area contributed by atoms with Gasteiger partial charge >= 0.3 is 6.18 Å². The second-order valence-electron chi connectivity index (χ2n) is 11.0. The fourth-order valence-corrected chi connectivity index (χ4v) is 5.68. The number of primary amides is 1. The molecule has 0 aromatic heterocycles. The smallest absolute Gasteiger partial charge is 0.391 e. The molecule has 43 heavy (non-hydrogen) atoms. The number of benzene rings is 2. The molecule has 3 atom stereocenters. The van der Waals surface area contributed by atoms with E-state index in [2.05, 4.69) is 11.2 Å². The maximum Gasteiger partial charge on any atom is 0.416 e. The summed E-state index contributed by atoms with van der Waals surface area (Å²) in [6.07, 6.45) is 5.05. The number of nitrogens with one attached hydrogen (secondary N) is 1. The monoisotopic (exact) mass is 595 g/mol.